The zero-order chi connectivity index (χ0) is 40.9. The number of oxazole rings is 1. The van der Waals surface area contributed by atoms with E-state index < -0.39 is 54.0 Å². The second kappa shape index (κ2) is 20.1. The Bertz CT molecular complexity index is 2020. The molecule has 2 fully saturated rings. The Morgan fingerprint density at radius 1 is 0.845 bits per heavy atom. The Kier molecular flexibility index (Phi) is 14.3. The van der Waals surface area contributed by atoms with Gasteiger partial charge in [0.25, 0.3) is 5.89 Å². The van der Waals surface area contributed by atoms with E-state index in [4.69, 9.17) is 30.1 Å². The van der Waals surface area contributed by atoms with Crippen molar-refractivity contribution in [1.82, 2.24) is 25.4 Å². The van der Waals surface area contributed by atoms with Crippen molar-refractivity contribution in [3.8, 4) is 0 Å². The second-order valence-electron chi connectivity index (χ2n) is 13.9. The third-order valence-electron chi connectivity index (χ3n) is 9.87. The molecule has 1 aromatic heterocycles. The number of guanidine groups is 1. The van der Waals surface area contributed by atoms with Crippen LogP contribution in [-0.2, 0) is 36.8 Å². The number of hydrogen-bond donors (Lipinski definition) is 4. The summed E-state index contributed by atoms with van der Waals surface area (Å²) >= 11 is 0. The first-order chi connectivity index (χ1) is 28.2. The van der Waals surface area contributed by atoms with Crippen molar-refractivity contribution in [1.29, 1.82) is 0 Å². The third kappa shape index (κ3) is 11.1. The molecule has 0 spiro atoms. The van der Waals surface area contributed by atoms with Gasteiger partial charge in [0.2, 0.25) is 17.6 Å². The van der Waals surface area contributed by atoms with Gasteiger partial charge in [-0.15, -0.1) is 0 Å². The summed E-state index contributed by atoms with van der Waals surface area (Å²) in [5.74, 6) is -2.31. The van der Waals surface area contributed by atoms with Crippen LogP contribution < -0.4 is 22.1 Å². The molecular weight excluding hydrogens is 748 g/mol. The standard InChI is InChI=1S/C41H48N8O9/c42-39(43)44-20-9-15-30(35(50)37-46-29-14-7-8-16-32(29)57-37)45-36(51)34-33(58-41(54)48-22-24-55-25-23-48)19-21-49(34)38(52)31(18-17-27-10-3-1-4-11-27)47-40(53)56-26-28-12-5-2-6-13-28/h1-8,10-14,16,30-31,33-34H,9,15,17-26H2,(H,45,51)(H,47,53)(H4,42,43,44)/t30-,31+,33-,34-/m0/s1. The van der Waals surface area contributed by atoms with Crippen LogP contribution in [0.5, 0.6) is 0 Å². The van der Waals surface area contributed by atoms with Crippen molar-refractivity contribution < 1.29 is 42.6 Å². The topological polar surface area (TPSA) is 234 Å². The summed E-state index contributed by atoms with van der Waals surface area (Å²) in [5, 5.41) is 5.52. The number of ketones is 1. The lowest BCUT2D eigenvalue weighted by Gasteiger charge is -2.32. The number of aromatic nitrogens is 1. The highest BCUT2D eigenvalue weighted by Gasteiger charge is 2.47. The number of nitrogens with one attached hydrogen (secondary N) is 2. The van der Waals surface area contributed by atoms with Crippen LogP contribution in [0.15, 0.2) is 94.3 Å². The molecule has 306 valence electrons. The summed E-state index contributed by atoms with van der Waals surface area (Å²) in [4.78, 5) is 80.8. The van der Waals surface area contributed by atoms with E-state index in [-0.39, 0.29) is 57.2 Å². The number of carbonyl (C=O) groups is 5. The Balaban J connectivity index is 1.26. The molecule has 17 nitrogen and oxygen atoms in total. The molecule has 2 aliphatic heterocycles. The third-order valence-corrected chi connectivity index (χ3v) is 9.87. The molecule has 4 amide bonds. The quantitative estimate of drug-likeness (QED) is 0.0555. The zero-order valence-corrected chi connectivity index (χ0v) is 32.0. The normalized spacial score (nSPS) is 17.5. The van der Waals surface area contributed by atoms with Gasteiger partial charge in [0.05, 0.1) is 19.3 Å². The predicted octanol–water partition coefficient (Wildman–Crippen LogP) is 2.92. The van der Waals surface area contributed by atoms with Crippen molar-refractivity contribution >= 4 is 46.8 Å². The number of fused-ring (bicyclic) bond motifs is 1. The number of rotatable bonds is 16. The summed E-state index contributed by atoms with van der Waals surface area (Å²) in [5.41, 5.74) is 13.5. The van der Waals surface area contributed by atoms with Gasteiger partial charge in [-0.05, 0) is 48.9 Å². The highest BCUT2D eigenvalue weighted by atomic mass is 16.6. The molecule has 6 N–H and O–H groups in total. The van der Waals surface area contributed by atoms with Gasteiger partial charge in [-0.3, -0.25) is 19.4 Å². The highest BCUT2D eigenvalue weighted by molar-refractivity contribution is 6.01. The maximum atomic E-state index is 14.6. The van der Waals surface area contributed by atoms with E-state index in [2.05, 4.69) is 20.6 Å². The number of para-hydroxylation sites is 2. The number of hydrogen-bond acceptors (Lipinski definition) is 11. The number of likely N-dealkylation sites (tertiary alicyclic amines) is 1. The van der Waals surface area contributed by atoms with Crippen LogP contribution in [0, 0.1) is 0 Å². The highest BCUT2D eigenvalue weighted by Crippen LogP contribution is 2.26. The monoisotopic (exact) mass is 796 g/mol. The van der Waals surface area contributed by atoms with Crippen molar-refractivity contribution in [2.45, 2.75) is 62.9 Å². The molecule has 2 saturated heterocycles. The SMILES string of the molecule is NC(N)=NCCC[C@H](NC(=O)[C@@H]1[C@@H](OC(=O)N2CCOCC2)CCN1C(=O)[C@@H](CCc1ccccc1)NC(=O)OCc1ccccc1)C(=O)c1nc2ccccc2o1. The van der Waals surface area contributed by atoms with Crippen LogP contribution in [0.25, 0.3) is 11.1 Å². The van der Waals surface area contributed by atoms with Gasteiger partial charge in [-0.2, -0.15) is 0 Å². The number of ether oxygens (including phenoxy) is 3. The number of morpholine rings is 1. The number of carbonyl (C=O) groups excluding carboxylic acids is 5. The molecule has 0 saturated carbocycles. The molecular formula is C41H48N8O9. The smallest absolute Gasteiger partial charge is 0.410 e. The summed E-state index contributed by atoms with van der Waals surface area (Å²) in [6.07, 6.45) is -1.54. The van der Waals surface area contributed by atoms with Crippen molar-refractivity contribution in [3.63, 3.8) is 0 Å². The van der Waals surface area contributed by atoms with E-state index in [0.29, 0.717) is 43.8 Å². The summed E-state index contributed by atoms with van der Waals surface area (Å²) < 4.78 is 22.6. The van der Waals surface area contributed by atoms with Gasteiger partial charge in [-0.1, -0.05) is 72.8 Å². The van der Waals surface area contributed by atoms with Gasteiger partial charge in [0, 0.05) is 32.6 Å². The average Bonchev–Trinajstić information content (AvgIpc) is 3.88. The number of Topliss-reactive ketones (excluding diaryl/α,β-unsaturated/α-hetero) is 1. The lowest BCUT2D eigenvalue weighted by Crippen LogP contribution is -2.58. The van der Waals surface area contributed by atoms with Crippen molar-refractivity contribution in [2.75, 3.05) is 39.4 Å². The summed E-state index contributed by atoms with van der Waals surface area (Å²) in [6.45, 7) is 1.37. The maximum absolute atomic E-state index is 14.6. The van der Waals surface area contributed by atoms with E-state index in [9.17, 15) is 24.0 Å². The first-order valence-corrected chi connectivity index (χ1v) is 19.3. The number of nitrogens with zero attached hydrogens (tertiary/aromatic N) is 4. The lowest BCUT2D eigenvalue weighted by molar-refractivity contribution is -0.142. The molecule has 4 atom stereocenters. The van der Waals surface area contributed by atoms with E-state index in [1.807, 2.05) is 48.5 Å². The molecule has 2 aliphatic rings. The fourth-order valence-electron chi connectivity index (χ4n) is 6.87. The molecule has 0 bridgehead atoms. The Morgan fingerprint density at radius 3 is 2.24 bits per heavy atom. The van der Waals surface area contributed by atoms with Crippen LogP contribution in [0.3, 0.4) is 0 Å². The molecule has 6 rings (SSSR count). The molecule has 3 heterocycles. The van der Waals surface area contributed by atoms with Gasteiger partial charge in [0.1, 0.15) is 30.3 Å². The minimum absolute atomic E-state index is 0.00872. The molecule has 4 aromatic rings. The molecule has 3 aromatic carbocycles. The van der Waals surface area contributed by atoms with Crippen LogP contribution in [0.4, 0.5) is 9.59 Å². The average molecular weight is 797 g/mol. The summed E-state index contributed by atoms with van der Waals surface area (Å²) in [7, 11) is 0. The van der Waals surface area contributed by atoms with E-state index in [1.165, 1.54) is 9.80 Å². The number of aryl methyl sites for hydroxylation is 1. The van der Waals surface area contributed by atoms with E-state index in [0.717, 1.165) is 11.1 Å². The number of aliphatic imine (C=N–C) groups is 1. The second-order valence-corrected chi connectivity index (χ2v) is 13.9. The minimum atomic E-state index is -1.38. The first kappa shape index (κ1) is 41.2. The van der Waals surface area contributed by atoms with Gasteiger partial charge < -0.3 is 50.5 Å². The molecule has 0 radical (unpaired) electrons. The van der Waals surface area contributed by atoms with Crippen molar-refractivity contribution in [3.05, 3.63) is 102 Å². The predicted molar refractivity (Wildman–Crippen MR) is 211 cm³/mol. The maximum Gasteiger partial charge on any atom is 0.410 e. The molecule has 0 aliphatic carbocycles. The van der Waals surface area contributed by atoms with Crippen LogP contribution in [-0.4, -0.2) is 114 Å². The molecule has 17 heteroatoms. The van der Waals surface area contributed by atoms with Gasteiger partial charge in [-0.25, -0.2) is 14.6 Å². The number of alkyl carbamates (subject to hydrolysis) is 1. The summed E-state index contributed by atoms with van der Waals surface area (Å²) in [6, 6.07) is 21.7. The first-order valence-electron chi connectivity index (χ1n) is 19.3. The van der Waals surface area contributed by atoms with Crippen LogP contribution >= 0.6 is 0 Å². The largest absolute Gasteiger partial charge is 0.445 e. The van der Waals surface area contributed by atoms with E-state index >= 15 is 0 Å². The fourth-order valence-corrected chi connectivity index (χ4v) is 6.87. The number of amides is 4. The van der Waals surface area contributed by atoms with E-state index in [1.54, 1.807) is 36.4 Å². The van der Waals surface area contributed by atoms with Crippen LogP contribution in [0.2, 0.25) is 0 Å². The Morgan fingerprint density at radius 2 is 1.53 bits per heavy atom. The fraction of sp³-hybridized carbons (Fsp3) is 0.390. The number of nitrogens with two attached hydrogens (primary N) is 2. The number of benzene rings is 3. The minimum Gasteiger partial charge on any atom is -0.445 e. The Hall–Kier alpha value is -6.49. The van der Waals surface area contributed by atoms with Crippen LogP contribution in [0.1, 0.15) is 47.5 Å². The Labute approximate surface area is 335 Å². The molecule has 58 heavy (non-hydrogen) atoms. The zero-order valence-electron chi connectivity index (χ0n) is 32.0. The van der Waals surface area contributed by atoms with Crippen molar-refractivity contribution in [2.24, 2.45) is 16.5 Å². The lowest BCUT2D eigenvalue weighted by atomic mass is 10.0. The molecule has 0 unspecified atom stereocenters. The van der Waals surface area contributed by atoms with Gasteiger partial charge in [0.15, 0.2) is 11.5 Å². The van der Waals surface area contributed by atoms with Gasteiger partial charge >= 0.3 is 12.2 Å².